The van der Waals surface area contributed by atoms with Gasteiger partial charge in [0.15, 0.2) is 11.5 Å². The first-order chi connectivity index (χ1) is 16.4. The zero-order valence-corrected chi connectivity index (χ0v) is 19.6. The summed E-state index contributed by atoms with van der Waals surface area (Å²) in [5.41, 5.74) is 0.808. The van der Waals surface area contributed by atoms with Crippen LogP contribution in [-0.2, 0) is 4.79 Å². The minimum Gasteiger partial charge on any atom is -0.497 e. The summed E-state index contributed by atoms with van der Waals surface area (Å²) in [5.74, 6) is -0.252. The largest absolute Gasteiger partial charge is 0.497 e. The van der Waals surface area contributed by atoms with Crippen LogP contribution in [0.2, 0.25) is 10.0 Å². The highest BCUT2D eigenvalue weighted by Crippen LogP contribution is 2.32. The molecule has 0 atom stereocenters. The van der Waals surface area contributed by atoms with E-state index in [4.69, 9.17) is 37.4 Å². The molecule has 0 unspecified atom stereocenters. The summed E-state index contributed by atoms with van der Waals surface area (Å²) in [6.07, 6.45) is 1.36. The summed E-state index contributed by atoms with van der Waals surface area (Å²) >= 11 is 12.1. The van der Waals surface area contributed by atoms with Crippen molar-refractivity contribution in [1.82, 2.24) is 0 Å². The molecular weight excluding hydrogens is 479 g/mol. The Kier molecular flexibility index (Phi) is 8.14. The lowest BCUT2D eigenvalue weighted by Crippen LogP contribution is -2.14. The van der Waals surface area contributed by atoms with E-state index in [0.717, 1.165) is 0 Å². The highest BCUT2D eigenvalue weighted by molar-refractivity contribution is 6.40. The molecule has 0 bridgehead atoms. The second kappa shape index (κ2) is 11.2. The van der Waals surface area contributed by atoms with E-state index in [2.05, 4.69) is 5.32 Å². The molecule has 0 saturated carbocycles. The number of methoxy groups -OCH3 is 2. The number of hydrogen-bond donors (Lipinski definition) is 1. The van der Waals surface area contributed by atoms with Gasteiger partial charge < -0.3 is 19.5 Å². The number of carbonyl (C=O) groups is 2. The number of carbonyl (C=O) groups excluding carboxylic acids is 2. The summed E-state index contributed by atoms with van der Waals surface area (Å²) in [6, 6.07) is 17.7. The normalized spacial score (nSPS) is 10.7. The van der Waals surface area contributed by atoms with Crippen LogP contribution in [0.4, 0.5) is 5.69 Å². The van der Waals surface area contributed by atoms with Crippen molar-refractivity contribution in [2.24, 2.45) is 0 Å². The van der Waals surface area contributed by atoms with Gasteiger partial charge in [-0.1, -0.05) is 35.3 Å². The van der Waals surface area contributed by atoms with Gasteiger partial charge in [0.05, 0.1) is 35.5 Å². The number of nitriles is 1. The van der Waals surface area contributed by atoms with Crippen LogP contribution in [-0.4, -0.2) is 26.1 Å². The maximum Gasteiger partial charge on any atom is 0.343 e. The predicted octanol–water partition coefficient (Wildman–Crippen LogP) is 5.78. The van der Waals surface area contributed by atoms with Crippen molar-refractivity contribution in [2.75, 3.05) is 19.5 Å². The van der Waals surface area contributed by atoms with Crippen LogP contribution in [0.3, 0.4) is 0 Å². The van der Waals surface area contributed by atoms with Gasteiger partial charge in [-0.05, 0) is 60.2 Å². The Labute approximate surface area is 206 Å². The Morgan fingerprint density at radius 1 is 0.941 bits per heavy atom. The van der Waals surface area contributed by atoms with Crippen LogP contribution < -0.4 is 19.5 Å². The maximum absolute atomic E-state index is 12.6. The second-order valence-electron chi connectivity index (χ2n) is 6.75. The Morgan fingerprint density at radius 2 is 1.62 bits per heavy atom. The van der Waals surface area contributed by atoms with E-state index in [1.54, 1.807) is 48.5 Å². The molecule has 0 heterocycles. The molecule has 3 rings (SSSR count). The van der Waals surface area contributed by atoms with Gasteiger partial charge in [-0.3, -0.25) is 4.79 Å². The third kappa shape index (κ3) is 5.87. The van der Waals surface area contributed by atoms with E-state index in [1.165, 1.54) is 32.4 Å². The number of hydrogen-bond acceptors (Lipinski definition) is 6. The second-order valence-corrected chi connectivity index (χ2v) is 7.56. The third-order valence-electron chi connectivity index (χ3n) is 4.59. The highest BCUT2D eigenvalue weighted by atomic mass is 35.5. The fourth-order valence-corrected chi connectivity index (χ4v) is 3.35. The molecule has 0 aliphatic heterocycles. The summed E-state index contributed by atoms with van der Waals surface area (Å²) in [7, 11) is 2.94. The number of ether oxygens (including phenoxy) is 3. The van der Waals surface area contributed by atoms with E-state index in [-0.39, 0.29) is 32.8 Å². The molecule has 7 nitrogen and oxygen atoms in total. The molecule has 9 heteroatoms. The number of nitrogens with one attached hydrogen (secondary N) is 1. The Hall–Kier alpha value is -3.99. The van der Waals surface area contributed by atoms with Crippen LogP contribution in [0.1, 0.15) is 15.9 Å². The molecule has 0 aromatic heterocycles. The van der Waals surface area contributed by atoms with Crippen LogP contribution in [0.15, 0.2) is 66.2 Å². The van der Waals surface area contributed by atoms with E-state index < -0.39 is 11.9 Å². The molecule has 0 radical (unpaired) electrons. The number of para-hydroxylation sites is 1. The smallest absolute Gasteiger partial charge is 0.343 e. The van der Waals surface area contributed by atoms with Crippen LogP contribution in [0.5, 0.6) is 17.2 Å². The topological polar surface area (TPSA) is 97.7 Å². The summed E-state index contributed by atoms with van der Waals surface area (Å²) in [6.45, 7) is 0. The molecule has 34 heavy (non-hydrogen) atoms. The fourth-order valence-electron chi connectivity index (χ4n) is 2.86. The SMILES string of the molecule is COc1ccc(C(=O)Oc2ccc(/C=C(\C#N)C(=O)Nc3c(Cl)cccc3Cl)cc2OC)cc1. The molecule has 1 amide bonds. The Morgan fingerprint density at radius 3 is 2.21 bits per heavy atom. The van der Waals surface area contributed by atoms with Crippen molar-refractivity contribution in [2.45, 2.75) is 0 Å². The van der Waals surface area contributed by atoms with Gasteiger partial charge >= 0.3 is 5.97 Å². The van der Waals surface area contributed by atoms with Gasteiger partial charge in [0.25, 0.3) is 5.91 Å². The van der Waals surface area contributed by atoms with Crippen molar-refractivity contribution >= 4 is 46.8 Å². The van der Waals surface area contributed by atoms with E-state index >= 15 is 0 Å². The van der Waals surface area contributed by atoms with Crippen LogP contribution in [0, 0.1) is 11.3 Å². The number of nitrogens with zero attached hydrogens (tertiary/aromatic N) is 1. The van der Waals surface area contributed by atoms with Gasteiger partial charge in [0.2, 0.25) is 0 Å². The Bertz CT molecular complexity index is 1280. The van der Waals surface area contributed by atoms with Gasteiger partial charge in [0.1, 0.15) is 17.4 Å². The number of amides is 1. The van der Waals surface area contributed by atoms with Gasteiger partial charge in [-0.2, -0.15) is 5.26 Å². The lowest BCUT2D eigenvalue weighted by Gasteiger charge is -2.11. The zero-order valence-electron chi connectivity index (χ0n) is 18.1. The maximum atomic E-state index is 12.6. The molecule has 0 aliphatic rings. The predicted molar refractivity (Wildman–Crippen MR) is 130 cm³/mol. The molecule has 172 valence electrons. The number of halogens is 2. The lowest BCUT2D eigenvalue weighted by molar-refractivity contribution is -0.112. The zero-order chi connectivity index (χ0) is 24.7. The Balaban J connectivity index is 1.81. The molecule has 1 N–H and O–H groups in total. The lowest BCUT2D eigenvalue weighted by atomic mass is 10.1. The average molecular weight is 497 g/mol. The van der Waals surface area contributed by atoms with Crippen LogP contribution in [0.25, 0.3) is 6.08 Å². The van der Waals surface area contributed by atoms with E-state index in [1.807, 2.05) is 6.07 Å². The first-order valence-corrected chi connectivity index (χ1v) is 10.5. The molecular formula is C25H18Cl2N2O5. The minimum atomic E-state index is -0.688. The van der Waals surface area contributed by atoms with E-state index in [0.29, 0.717) is 16.9 Å². The standard InChI is InChI=1S/C25H18Cl2N2O5/c1-32-18-9-7-16(8-10-18)25(31)34-21-11-6-15(13-22(21)33-2)12-17(14-28)24(30)29-23-19(26)4-3-5-20(23)27/h3-13H,1-2H3,(H,29,30)/b17-12+. The molecule has 0 spiro atoms. The first-order valence-electron chi connectivity index (χ1n) is 9.77. The van der Waals surface area contributed by atoms with E-state index in [9.17, 15) is 14.9 Å². The minimum absolute atomic E-state index is 0.172. The van der Waals surface area contributed by atoms with Gasteiger partial charge in [-0.15, -0.1) is 0 Å². The number of anilines is 1. The summed E-state index contributed by atoms with van der Waals surface area (Å²) in [5, 5.41) is 12.5. The van der Waals surface area contributed by atoms with Crippen LogP contribution >= 0.6 is 23.2 Å². The van der Waals surface area contributed by atoms with Crippen molar-refractivity contribution in [1.29, 1.82) is 5.26 Å². The van der Waals surface area contributed by atoms with Crippen molar-refractivity contribution in [3.8, 4) is 23.3 Å². The number of benzene rings is 3. The molecule has 0 aliphatic carbocycles. The fraction of sp³-hybridized carbons (Fsp3) is 0.0800. The number of esters is 1. The molecule has 3 aromatic rings. The first kappa shape index (κ1) is 24.6. The molecule has 0 fully saturated rings. The molecule has 0 saturated heterocycles. The summed E-state index contributed by atoms with van der Waals surface area (Å²) < 4.78 is 15.8. The average Bonchev–Trinajstić information content (AvgIpc) is 2.85. The van der Waals surface area contributed by atoms with Gasteiger partial charge in [0, 0.05) is 0 Å². The van der Waals surface area contributed by atoms with Crippen molar-refractivity contribution in [3.63, 3.8) is 0 Å². The van der Waals surface area contributed by atoms with Crippen molar-refractivity contribution < 1.29 is 23.8 Å². The molecule has 3 aromatic carbocycles. The van der Waals surface area contributed by atoms with Gasteiger partial charge in [-0.25, -0.2) is 4.79 Å². The van der Waals surface area contributed by atoms with Crippen molar-refractivity contribution in [3.05, 3.63) is 87.4 Å². The highest BCUT2D eigenvalue weighted by Gasteiger charge is 2.16. The monoisotopic (exact) mass is 496 g/mol. The quantitative estimate of drug-likeness (QED) is 0.193. The summed E-state index contributed by atoms with van der Waals surface area (Å²) in [4.78, 5) is 25.1. The number of rotatable bonds is 7. The third-order valence-corrected chi connectivity index (χ3v) is 5.22.